The second kappa shape index (κ2) is 5.02. The molecule has 0 N–H and O–H groups in total. The third-order valence-corrected chi connectivity index (χ3v) is 3.18. The average molecular weight is 260 g/mol. The zero-order valence-electron chi connectivity index (χ0n) is 11.0. The fourth-order valence-corrected chi connectivity index (χ4v) is 2.15. The second-order valence-corrected chi connectivity index (χ2v) is 4.46. The van der Waals surface area contributed by atoms with E-state index >= 15 is 0 Å². The fourth-order valence-electron chi connectivity index (χ4n) is 2.15. The van der Waals surface area contributed by atoms with E-state index in [1.165, 1.54) is 0 Å². The van der Waals surface area contributed by atoms with Crippen LogP contribution in [0.3, 0.4) is 0 Å². The number of aryl methyl sites for hydroxylation is 1. The molecule has 0 bridgehead atoms. The Hall–Kier alpha value is -2.86. The third-order valence-electron chi connectivity index (χ3n) is 3.18. The Bertz CT molecular complexity index is 819. The van der Waals surface area contributed by atoms with Gasteiger partial charge in [-0.25, -0.2) is 0 Å². The average Bonchev–Trinajstić information content (AvgIpc) is 2.50. The van der Waals surface area contributed by atoms with Gasteiger partial charge in [-0.15, -0.1) is 0 Å². The first-order valence-electron chi connectivity index (χ1n) is 6.31. The summed E-state index contributed by atoms with van der Waals surface area (Å²) in [7, 11) is 0. The van der Waals surface area contributed by atoms with Crippen molar-refractivity contribution in [3.05, 3.63) is 66.0 Å². The Labute approximate surface area is 117 Å². The van der Waals surface area contributed by atoms with Gasteiger partial charge in [0.1, 0.15) is 11.5 Å². The summed E-state index contributed by atoms with van der Waals surface area (Å²) >= 11 is 0. The van der Waals surface area contributed by atoms with Crippen LogP contribution in [0.15, 0.2) is 54.7 Å². The van der Waals surface area contributed by atoms with Crippen molar-refractivity contribution in [2.45, 2.75) is 6.92 Å². The molecule has 2 aromatic carbocycles. The minimum Gasteiger partial charge on any atom is -0.455 e. The highest BCUT2D eigenvalue weighted by molar-refractivity contribution is 5.92. The highest BCUT2D eigenvalue weighted by Crippen LogP contribution is 2.32. The predicted octanol–water partition coefficient (Wildman–Crippen LogP) is 4.21. The van der Waals surface area contributed by atoms with Gasteiger partial charge in [0.25, 0.3) is 0 Å². The molecule has 3 nitrogen and oxygen atoms in total. The van der Waals surface area contributed by atoms with Crippen LogP contribution in [-0.4, -0.2) is 4.98 Å². The van der Waals surface area contributed by atoms with E-state index in [9.17, 15) is 0 Å². The van der Waals surface area contributed by atoms with Crippen LogP contribution in [-0.2, 0) is 0 Å². The largest absolute Gasteiger partial charge is 0.455 e. The molecule has 0 saturated carbocycles. The van der Waals surface area contributed by atoms with Gasteiger partial charge in [0.15, 0.2) is 0 Å². The molecule has 0 unspecified atom stereocenters. The van der Waals surface area contributed by atoms with Gasteiger partial charge in [-0.2, -0.15) is 5.26 Å². The summed E-state index contributed by atoms with van der Waals surface area (Å²) in [6, 6.07) is 17.3. The lowest BCUT2D eigenvalue weighted by Gasteiger charge is -2.11. The van der Waals surface area contributed by atoms with Gasteiger partial charge in [0.05, 0.1) is 17.3 Å². The molecule has 0 atom stereocenters. The minimum atomic E-state index is 0.649. The molecule has 0 aliphatic carbocycles. The molecule has 3 heteroatoms. The van der Waals surface area contributed by atoms with E-state index in [2.05, 4.69) is 11.1 Å². The Balaban J connectivity index is 2.14. The first kappa shape index (κ1) is 12.2. The summed E-state index contributed by atoms with van der Waals surface area (Å²) in [5, 5.41) is 11.0. The van der Waals surface area contributed by atoms with E-state index in [1.807, 2.05) is 49.4 Å². The van der Waals surface area contributed by atoms with E-state index < -0.39 is 0 Å². The molecule has 0 fully saturated rings. The van der Waals surface area contributed by atoms with Crippen molar-refractivity contribution in [3.8, 4) is 17.6 Å². The molecule has 0 spiro atoms. The van der Waals surface area contributed by atoms with Crippen molar-refractivity contribution >= 4 is 10.8 Å². The first-order valence-corrected chi connectivity index (χ1v) is 6.31. The van der Waals surface area contributed by atoms with Gasteiger partial charge < -0.3 is 4.74 Å². The first-order chi connectivity index (χ1) is 9.79. The molecule has 96 valence electrons. The third kappa shape index (κ3) is 2.08. The summed E-state index contributed by atoms with van der Waals surface area (Å²) in [5.41, 5.74) is 1.48. The normalized spacial score (nSPS) is 10.2. The molecular formula is C17H12N2O. The minimum absolute atomic E-state index is 0.649. The SMILES string of the molecule is Cc1ncccc1Oc1ccc(C#N)c2ccccc12. The Morgan fingerprint density at radius 1 is 0.950 bits per heavy atom. The molecule has 0 radical (unpaired) electrons. The van der Waals surface area contributed by atoms with Crippen LogP contribution in [0.5, 0.6) is 11.5 Å². The van der Waals surface area contributed by atoms with Gasteiger partial charge in [-0.3, -0.25) is 4.98 Å². The Kier molecular flexibility index (Phi) is 3.06. The van der Waals surface area contributed by atoms with Gasteiger partial charge in [0, 0.05) is 17.0 Å². The standard InChI is InChI=1S/C17H12N2O/c1-12-16(7-4-10-19-12)20-17-9-8-13(11-18)14-5-2-3-6-15(14)17/h2-10H,1H3. The molecule has 1 heterocycles. The maximum Gasteiger partial charge on any atom is 0.148 e. The fraction of sp³-hybridized carbons (Fsp3) is 0.0588. The molecule has 0 aliphatic rings. The van der Waals surface area contributed by atoms with Crippen LogP contribution in [0.2, 0.25) is 0 Å². The molecular weight excluding hydrogens is 248 g/mol. The molecule has 3 aromatic rings. The maximum atomic E-state index is 9.16. The van der Waals surface area contributed by atoms with E-state index in [1.54, 1.807) is 12.3 Å². The number of aromatic nitrogens is 1. The Morgan fingerprint density at radius 3 is 2.50 bits per heavy atom. The number of fused-ring (bicyclic) bond motifs is 1. The van der Waals surface area contributed by atoms with Crippen molar-refractivity contribution in [2.75, 3.05) is 0 Å². The monoisotopic (exact) mass is 260 g/mol. The van der Waals surface area contributed by atoms with Crippen molar-refractivity contribution in [1.82, 2.24) is 4.98 Å². The molecule has 3 rings (SSSR count). The van der Waals surface area contributed by atoms with Gasteiger partial charge in [-0.05, 0) is 31.2 Å². The number of hydrogen-bond acceptors (Lipinski definition) is 3. The van der Waals surface area contributed by atoms with Crippen LogP contribution in [0.25, 0.3) is 10.8 Å². The number of ether oxygens (including phenoxy) is 1. The number of nitrogens with zero attached hydrogens (tertiary/aromatic N) is 2. The quantitative estimate of drug-likeness (QED) is 0.693. The molecule has 0 amide bonds. The lowest BCUT2D eigenvalue weighted by Crippen LogP contribution is -1.91. The summed E-state index contributed by atoms with van der Waals surface area (Å²) in [6.07, 6.45) is 1.74. The summed E-state index contributed by atoms with van der Waals surface area (Å²) in [4.78, 5) is 4.21. The van der Waals surface area contributed by atoms with Gasteiger partial charge >= 0.3 is 0 Å². The Morgan fingerprint density at radius 2 is 1.75 bits per heavy atom. The van der Waals surface area contributed by atoms with Crippen LogP contribution in [0.4, 0.5) is 0 Å². The van der Waals surface area contributed by atoms with E-state index in [0.717, 1.165) is 28.0 Å². The molecule has 20 heavy (non-hydrogen) atoms. The number of pyridine rings is 1. The van der Waals surface area contributed by atoms with Crippen molar-refractivity contribution in [1.29, 1.82) is 5.26 Å². The second-order valence-electron chi connectivity index (χ2n) is 4.46. The van der Waals surface area contributed by atoms with Crippen LogP contribution < -0.4 is 4.74 Å². The van der Waals surface area contributed by atoms with Crippen molar-refractivity contribution < 1.29 is 4.74 Å². The lowest BCUT2D eigenvalue weighted by molar-refractivity contribution is 0.481. The van der Waals surface area contributed by atoms with Crippen LogP contribution in [0, 0.1) is 18.3 Å². The van der Waals surface area contributed by atoms with E-state index in [0.29, 0.717) is 5.56 Å². The van der Waals surface area contributed by atoms with Crippen molar-refractivity contribution in [2.24, 2.45) is 0 Å². The molecule has 1 aromatic heterocycles. The summed E-state index contributed by atoms with van der Waals surface area (Å²) in [5.74, 6) is 1.46. The maximum absolute atomic E-state index is 9.16. The van der Waals surface area contributed by atoms with Gasteiger partial charge in [-0.1, -0.05) is 24.3 Å². The molecule has 0 saturated heterocycles. The number of benzene rings is 2. The zero-order chi connectivity index (χ0) is 13.9. The lowest BCUT2D eigenvalue weighted by atomic mass is 10.0. The highest BCUT2D eigenvalue weighted by Gasteiger charge is 2.08. The van der Waals surface area contributed by atoms with E-state index in [-0.39, 0.29) is 0 Å². The van der Waals surface area contributed by atoms with Crippen LogP contribution >= 0.6 is 0 Å². The number of hydrogen-bond donors (Lipinski definition) is 0. The smallest absolute Gasteiger partial charge is 0.148 e. The zero-order valence-corrected chi connectivity index (χ0v) is 11.0. The highest BCUT2D eigenvalue weighted by atomic mass is 16.5. The molecule has 0 aliphatic heterocycles. The summed E-state index contributed by atoms with van der Waals surface area (Å²) < 4.78 is 5.95. The predicted molar refractivity (Wildman–Crippen MR) is 77.7 cm³/mol. The summed E-state index contributed by atoms with van der Waals surface area (Å²) in [6.45, 7) is 1.90. The van der Waals surface area contributed by atoms with Gasteiger partial charge in [0.2, 0.25) is 0 Å². The number of nitriles is 1. The van der Waals surface area contributed by atoms with Crippen LogP contribution in [0.1, 0.15) is 11.3 Å². The number of rotatable bonds is 2. The van der Waals surface area contributed by atoms with Crippen molar-refractivity contribution in [3.63, 3.8) is 0 Å². The van der Waals surface area contributed by atoms with E-state index in [4.69, 9.17) is 10.00 Å². The topological polar surface area (TPSA) is 45.9 Å².